The number of carbonyl (C=O) groups excluding carboxylic acids is 1. The Balaban J connectivity index is 2.28. The van der Waals surface area contributed by atoms with Crippen LogP contribution in [0.1, 0.15) is 38.7 Å². The van der Waals surface area contributed by atoms with Gasteiger partial charge in [0.15, 0.2) is 0 Å². The van der Waals surface area contributed by atoms with Crippen LogP contribution in [0.15, 0.2) is 24.3 Å². The van der Waals surface area contributed by atoms with Gasteiger partial charge in [-0.15, -0.1) is 0 Å². The average Bonchev–Trinajstić information content (AvgIpc) is 2.37. The maximum atomic E-state index is 11.8. The van der Waals surface area contributed by atoms with Gasteiger partial charge in [-0.05, 0) is 37.5 Å². The number of esters is 1. The fourth-order valence-electron chi connectivity index (χ4n) is 1.74. The van der Waals surface area contributed by atoms with Crippen molar-refractivity contribution in [2.24, 2.45) is 11.7 Å². The van der Waals surface area contributed by atoms with Crippen LogP contribution in [0.3, 0.4) is 0 Å². The zero-order valence-electron chi connectivity index (χ0n) is 11.6. The normalized spacial score (nSPS) is 13.9. The van der Waals surface area contributed by atoms with E-state index >= 15 is 0 Å². The highest BCUT2D eigenvalue weighted by Gasteiger charge is 2.14. The van der Waals surface area contributed by atoms with Gasteiger partial charge in [-0.2, -0.15) is 0 Å². The quantitative estimate of drug-likeness (QED) is 0.779. The van der Waals surface area contributed by atoms with Crippen molar-refractivity contribution in [3.63, 3.8) is 0 Å². The summed E-state index contributed by atoms with van der Waals surface area (Å²) in [5.74, 6) is -0.231. The lowest BCUT2D eigenvalue weighted by Crippen LogP contribution is -2.17. The van der Waals surface area contributed by atoms with E-state index in [1.165, 1.54) is 0 Å². The highest BCUT2D eigenvalue weighted by Crippen LogP contribution is 2.14. The summed E-state index contributed by atoms with van der Waals surface area (Å²) in [7, 11) is 0. The van der Waals surface area contributed by atoms with Gasteiger partial charge in [-0.1, -0.05) is 37.1 Å². The second kappa shape index (κ2) is 8.18. The number of hydrogen-bond acceptors (Lipinski definition) is 3. The van der Waals surface area contributed by atoms with E-state index in [0.29, 0.717) is 11.6 Å². The molecule has 106 valence electrons. The third kappa shape index (κ3) is 6.60. The van der Waals surface area contributed by atoms with Crippen molar-refractivity contribution >= 4 is 17.6 Å². The van der Waals surface area contributed by atoms with Crippen molar-refractivity contribution in [3.05, 3.63) is 34.9 Å². The minimum absolute atomic E-state index is 0.0777. The molecule has 1 aromatic rings. The average molecular weight is 284 g/mol. The van der Waals surface area contributed by atoms with E-state index in [1.54, 1.807) is 12.1 Å². The molecular formula is C15H22ClNO2. The van der Waals surface area contributed by atoms with Crippen LogP contribution in [0.5, 0.6) is 0 Å². The molecule has 19 heavy (non-hydrogen) atoms. The summed E-state index contributed by atoms with van der Waals surface area (Å²) in [6, 6.07) is 7.48. The molecule has 0 saturated heterocycles. The predicted molar refractivity (Wildman–Crippen MR) is 77.9 cm³/mol. The summed E-state index contributed by atoms with van der Waals surface area (Å²) in [5.41, 5.74) is 6.62. The molecular weight excluding hydrogens is 262 g/mol. The Morgan fingerprint density at radius 3 is 2.47 bits per heavy atom. The van der Waals surface area contributed by atoms with E-state index in [2.05, 4.69) is 0 Å². The van der Waals surface area contributed by atoms with Crippen LogP contribution in [0, 0.1) is 5.92 Å². The van der Waals surface area contributed by atoms with Crippen molar-refractivity contribution in [1.29, 1.82) is 0 Å². The monoisotopic (exact) mass is 283 g/mol. The summed E-state index contributed by atoms with van der Waals surface area (Å²) < 4.78 is 5.27. The maximum absolute atomic E-state index is 11.8. The molecule has 0 aliphatic rings. The van der Waals surface area contributed by atoms with E-state index in [-0.39, 0.29) is 17.9 Å². The van der Waals surface area contributed by atoms with E-state index in [9.17, 15) is 4.79 Å². The van der Waals surface area contributed by atoms with Gasteiger partial charge in [-0.3, -0.25) is 4.79 Å². The minimum atomic E-state index is -0.153. The van der Waals surface area contributed by atoms with Crippen molar-refractivity contribution < 1.29 is 9.53 Å². The zero-order valence-corrected chi connectivity index (χ0v) is 12.3. The molecule has 0 aliphatic heterocycles. The van der Waals surface area contributed by atoms with E-state index in [1.807, 2.05) is 26.0 Å². The minimum Gasteiger partial charge on any atom is -0.461 e. The summed E-state index contributed by atoms with van der Waals surface area (Å²) in [5, 5.41) is 0.680. The smallest absolute Gasteiger partial charge is 0.308 e. The molecule has 2 unspecified atom stereocenters. The van der Waals surface area contributed by atoms with Crippen LogP contribution in [0.4, 0.5) is 0 Å². The van der Waals surface area contributed by atoms with Crippen LogP contribution in [0.25, 0.3) is 0 Å². The molecule has 4 heteroatoms. The Hall–Kier alpha value is -1.06. The first-order valence-corrected chi connectivity index (χ1v) is 7.03. The Labute approximate surface area is 120 Å². The molecule has 2 atom stereocenters. The van der Waals surface area contributed by atoms with Crippen molar-refractivity contribution in [2.75, 3.05) is 0 Å². The second-order valence-electron chi connectivity index (χ2n) is 5.04. The Kier molecular flexibility index (Phi) is 6.89. The van der Waals surface area contributed by atoms with Crippen LogP contribution in [-0.2, 0) is 16.1 Å². The number of halogens is 1. The zero-order chi connectivity index (χ0) is 14.3. The molecule has 3 nitrogen and oxygen atoms in total. The van der Waals surface area contributed by atoms with Crippen molar-refractivity contribution in [3.8, 4) is 0 Å². The molecule has 2 N–H and O–H groups in total. The summed E-state index contributed by atoms with van der Waals surface area (Å²) in [4.78, 5) is 11.8. The van der Waals surface area contributed by atoms with Gasteiger partial charge in [0, 0.05) is 11.1 Å². The molecule has 0 saturated carbocycles. The first-order valence-electron chi connectivity index (χ1n) is 6.65. The Morgan fingerprint density at radius 1 is 1.26 bits per heavy atom. The Bertz CT molecular complexity index is 390. The standard InChI is InChI=1S/C15H22ClNO2/c1-11(4-3-5-12(2)17)15(18)19-10-13-6-8-14(16)9-7-13/h6-9,11-12H,3-5,10,17H2,1-2H3. The van der Waals surface area contributed by atoms with Gasteiger partial charge >= 0.3 is 5.97 Å². The second-order valence-corrected chi connectivity index (χ2v) is 5.48. The first-order chi connectivity index (χ1) is 8.99. The maximum Gasteiger partial charge on any atom is 0.308 e. The molecule has 0 heterocycles. The van der Waals surface area contributed by atoms with Crippen LogP contribution < -0.4 is 5.73 Å². The number of hydrogen-bond donors (Lipinski definition) is 1. The molecule has 0 radical (unpaired) electrons. The molecule has 0 fully saturated rings. The number of ether oxygens (including phenoxy) is 1. The molecule has 0 bridgehead atoms. The first kappa shape index (κ1) is 16.0. The molecule has 1 aromatic carbocycles. The third-order valence-electron chi connectivity index (χ3n) is 2.99. The summed E-state index contributed by atoms with van der Waals surface area (Å²) in [6.45, 7) is 4.17. The highest BCUT2D eigenvalue weighted by molar-refractivity contribution is 6.30. The lowest BCUT2D eigenvalue weighted by atomic mass is 10.0. The lowest BCUT2D eigenvalue weighted by molar-refractivity contribution is -0.149. The van der Waals surface area contributed by atoms with Gasteiger partial charge in [0.1, 0.15) is 6.61 Å². The van der Waals surface area contributed by atoms with E-state index in [4.69, 9.17) is 22.1 Å². The fourth-order valence-corrected chi connectivity index (χ4v) is 1.87. The van der Waals surface area contributed by atoms with Crippen LogP contribution >= 0.6 is 11.6 Å². The molecule has 1 rings (SSSR count). The summed E-state index contributed by atoms with van der Waals surface area (Å²) >= 11 is 5.79. The molecule has 0 aromatic heterocycles. The van der Waals surface area contributed by atoms with Gasteiger partial charge in [-0.25, -0.2) is 0 Å². The van der Waals surface area contributed by atoms with Crippen LogP contribution in [0.2, 0.25) is 5.02 Å². The predicted octanol–water partition coefficient (Wildman–Crippen LogP) is 3.54. The van der Waals surface area contributed by atoms with Gasteiger partial charge in [0.2, 0.25) is 0 Å². The van der Waals surface area contributed by atoms with E-state index in [0.717, 1.165) is 24.8 Å². The number of carbonyl (C=O) groups is 1. The number of rotatable bonds is 7. The lowest BCUT2D eigenvalue weighted by Gasteiger charge is -2.12. The van der Waals surface area contributed by atoms with Crippen LogP contribution in [-0.4, -0.2) is 12.0 Å². The fraction of sp³-hybridized carbons (Fsp3) is 0.533. The van der Waals surface area contributed by atoms with E-state index < -0.39 is 0 Å². The largest absolute Gasteiger partial charge is 0.461 e. The molecule has 0 amide bonds. The summed E-state index contributed by atoms with van der Waals surface area (Å²) in [6.07, 6.45) is 2.71. The molecule has 0 spiro atoms. The Morgan fingerprint density at radius 2 is 1.89 bits per heavy atom. The number of nitrogens with two attached hydrogens (primary N) is 1. The van der Waals surface area contributed by atoms with Gasteiger partial charge in [0.05, 0.1) is 5.92 Å². The highest BCUT2D eigenvalue weighted by atomic mass is 35.5. The van der Waals surface area contributed by atoms with Crippen molar-refractivity contribution in [1.82, 2.24) is 0 Å². The van der Waals surface area contributed by atoms with Gasteiger partial charge < -0.3 is 10.5 Å². The van der Waals surface area contributed by atoms with Gasteiger partial charge in [0.25, 0.3) is 0 Å². The third-order valence-corrected chi connectivity index (χ3v) is 3.25. The van der Waals surface area contributed by atoms with Crippen molar-refractivity contribution in [2.45, 2.75) is 45.8 Å². The molecule has 0 aliphatic carbocycles. The number of benzene rings is 1. The topological polar surface area (TPSA) is 52.3 Å². The SMILES string of the molecule is CC(N)CCCC(C)C(=O)OCc1ccc(Cl)cc1.